The van der Waals surface area contributed by atoms with E-state index >= 15 is 0 Å². The molecule has 21 rings (SSSR count). The van der Waals surface area contributed by atoms with Crippen molar-refractivity contribution in [3.8, 4) is 80.0 Å². The highest BCUT2D eigenvalue weighted by Gasteiger charge is 2.38. The summed E-state index contributed by atoms with van der Waals surface area (Å²) in [6, 6.07) is 49.3. The topological polar surface area (TPSA) is 355 Å². The van der Waals surface area contributed by atoms with Gasteiger partial charge in [-0.25, -0.2) is 13.2 Å². The van der Waals surface area contributed by atoms with E-state index in [9.17, 15) is 42.1 Å². The number of nitriles is 2. The number of aryl methyl sites for hydroxylation is 2. The number of furan rings is 2. The number of nitrogens with zero attached hydrogens (tertiary/aromatic N) is 7. The number of rotatable bonds is 20. The van der Waals surface area contributed by atoms with E-state index in [4.69, 9.17) is 63.0 Å². The summed E-state index contributed by atoms with van der Waals surface area (Å²) in [7, 11) is 1.04. The Bertz CT molecular complexity index is 5920. The number of pyridine rings is 2. The second kappa shape index (κ2) is 50.4. The molecule has 9 heterocycles. The molecule has 138 heavy (non-hydrogen) atoms. The predicted octanol–water partition coefficient (Wildman–Crippen LogP) is 21.3. The monoisotopic (exact) mass is 1960 g/mol. The van der Waals surface area contributed by atoms with Crippen molar-refractivity contribution < 1.29 is 78.1 Å². The fourth-order valence-electron chi connectivity index (χ4n) is 19.4. The molecule has 5 saturated heterocycles. The van der Waals surface area contributed by atoms with Gasteiger partial charge in [0, 0.05) is 108 Å². The average molecular weight is 1970 g/mol. The zero-order valence-corrected chi connectivity index (χ0v) is 83.7. The number of aromatic nitrogens is 2. The maximum Gasteiger partial charge on any atom is 0.335 e. The number of nitrogens with two attached hydrogens (primary N) is 1. The number of carbonyl (C=O) groups is 2. The molecule has 6 aliphatic carbocycles. The lowest BCUT2D eigenvalue weighted by atomic mass is 9.81. The van der Waals surface area contributed by atoms with Gasteiger partial charge in [-0.3, -0.25) is 18.9 Å². The number of hydrogen-bond donors (Lipinski definition) is 4. The van der Waals surface area contributed by atoms with Gasteiger partial charge in [0.15, 0.2) is 11.2 Å². The Morgan fingerprint density at radius 2 is 0.877 bits per heavy atom. The Balaban J connectivity index is 0.000000149. The predicted molar refractivity (Wildman–Crippen MR) is 539 cm³/mol. The summed E-state index contributed by atoms with van der Waals surface area (Å²) in [5.74, 6) is 4.39. The van der Waals surface area contributed by atoms with Crippen LogP contribution in [0.3, 0.4) is 0 Å². The number of carboxylic acid groups (broad SMARTS) is 1. The molecule has 0 spiro atoms. The van der Waals surface area contributed by atoms with Crippen LogP contribution in [-0.2, 0) is 32.8 Å². The Labute approximate surface area is 823 Å². The molecule has 11 aliphatic rings. The molecule has 6 aromatic carbocycles. The molecular formula is C108H135Cl2N9O17S2. The first-order chi connectivity index (χ1) is 66.1. The van der Waals surface area contributed by atoms with Crippen LogP contribution in [0.2, 0.25) is 0 Å². The van der Waals surface area contributed by atoms with Crippen molar-refractivity contribution in [3.05, 3.63) is 191 Å². The average Bonchev–Trinajstić information content (AvgIpc) is 1.64. The minimum absolute atomic E-state index is 0. The highest BCUT2D eigenvalue weighted by Crippen LogP contribution is 2.43. The molecule has 30 heteroatoms. The van der Waals surface area contributed by atoms with Gasteiger partial charge in [0.05, 0.1) is 90.5 Å². The zero-order valence-electron chi connectivity index (χ0n) is 80.5. The zero-order chi connectivity index (χ0) is 96.7. The number of fused-ring (bicyclic) bond motifs is 2. The number of nitrogens with one attached hydrogen (secondary N) is 1. The number of carbonyl (C=O) groups excluding carboxylic acids is 1. The van der Waals surface area contributed by atoms with Crippen LogP contribution in [0.5, 0.6) is 23.0 Å². The van der Waals surface area contributed by atoms with Gasteiger partial charge in [0.2, 0.25) is 0 Å². The van der Waals surface area contributed by atoms with Crippen molar-refractivity contribution in [1.29, 1.82) is 10.5 Å². The van der Waals surface area contributed by atoms with E-state index in [1.807, 2.05) is 74.5 Å². The van der Waals surface area contributed by atoms with Crippen molar-refractivity contribution in [2.45, 2.75) is 260 Å². The highest BCUT2D eigenvalue weighted by molar-refractivity contribution is 8.13. The molecule has 1 amide bonds. The van der Waals surface area contributed by atoms with E-state index in [2.05, 4.69) is 62.9 Å². The van der Waals surface area contributed by atoms with Crippen LogP contribution >= 0.6 is 23.1 Å². The van der Waals surface area contributed by atoms with Gasteiger partial charge >= 0.3 is 5.97 Å². The summed E-state index contributed by atoms with van der Waals surface area (Å²) in [6.07, 6.45) is 33.6. The van der Waals surface area contributed by atoms with E-state index < -0.39 is 25.1 Å². The third kappa shape index (κ3) is 28.9. The molecule has 0 bridgehead atoms. The van der Waals surface area contributed by atoms with E-state index in [0.29, 0.717) is 123 Å². The summed E-state index contributed by atoms with van der Waals surface area (Å²) in [5.41, 5.74) is 16.3. The first-order valence-electron chi connectivity index (χ1n) is 49.1. The molecule has 26 nitrogen and oxygen atoms in total. The standard InChI is InChI=1S/C35H36N4O5.C27H22N2O6.C12H16O3S.C9H17N.C8H16N2.C7H7ClO2S.C5H10O.C5H10.ClH/c1-41-32-17-23(35(40)38-25-18-26(19-25)39-12-2-3-13-39)4-6-29(32)33-20-30-34(44-33)28(8-11-37-30)22-5-7-31(24(16-22)21-36)43-27-9-14-42-15-10-27;1-32-24-13-17(27(30)31)2-4-21(24)25-14-22-26(35-25)20(6-9-29-22)16-3-5-23(18(12-16)15-28)34-19-7-10-33-11-8-19;1-9-3-5-12(6-4-9)16(13,14)15-11-7-10(2)8-11;1-8-6-9(7-8)10-4-2-3-5-10;9-7-5-8(6-7)10-3-1-2-4-10;1-6-2-4-7(5-3-6)11(8,9)10;1-4-2-5(6)3-4;1-2-4-5-3-1;/h4-8,11,16-17,20,25-27H,2-3,9-10,12-15,18-19H2,1H3,(H,38,40);2-6,9,12-14,19H,7-8,10-11H2,1H3,(H,30,31);3-6,10-11H,7-8H2,1-2H3;8-9H,2-7H2,1H3;7-8H,1-6,9H2;2-5H,1H3;4-6H,2-3H2,1H3;1-5H2;1H. The normalized spacial score (nSPS) is 22.8. The van der Waals surface area contributed by atoms with Gasteiger partial charge in [-0.05, 0) is 282 Å². The number of likely N-dealkylation sites (tertiary alicyclic amines) is 3. The maximum atomic E-state index is 13.1. The number of halogens is 2. The molecular weight excluding hydrogens is 1830 g/mol. The molecule has 5 aliphatic heterocycles. The lowest BCUT2D eigenvalue weighted by Gasteiger charge is -2.41. The van der Waals surface area contributed by atoms with Crippen molar-refractivity contribution in [2.75, 3.05) is 79.9 Å². The molecule has 10 aromatic rings. The number of ether oxygens (including phenoxy) is 6. The molecule has 0 radical (unpaired) electrons. The third-order valence-corrected chi connectivity index (χ3v) is 30.5. The van der Waals surface area contributed by atoms with Crippen LogP contribution in [-0.4, -0.2) is 198 Å². The summed E-state index contributed by atoms with van der Waals surface area (Å²) < 4.78 is 96.9. The van der Waals surface area contributed by atoms with Crippen LogP contribution in [0.15, 0.2) is 177 Å². The van der Waals surface area contributed by atoms with Crippen molar-refractivity contribution in [1.82, 2.24) is 30.0 Å². The van der Waals surface area contributed by atoms with Crippen molar-refractivity contribution >= 4 is 76.3 Å². The highest BCUT2D eigenvalue weighted by atomic mass is 35.7. The largest absolute Gasteiger partial charge is 0.496 e. The number of carboxylic acids is 1. The molecule has 11 fully saturated rings. The SMILES string of the molecule is C1CCCC1.CC1CC(N2CCCC2)C1.CC1CC(O)C1.COc1cc(C(=O)NC2CC(N3CCCC3)C2)ccc1-c1cc2nccc(-c3ccc(OC4CCOCC4)c(C#N)c3)c2o1.COc1cc(C(=O)O)ccc1-c1cc2nccc(-c3ccc(OC4CCOCC4)c(C#N)c3)c2o1.Cc1ccc(S(=O)(=O)Cl)cc1.Cc1ccc(S(=O)(=O)OC2CC(C)C2)cc1.Cl.NC1CC(N2CCCC2)C1. The lowest BCUT2D eigenvalue weighted by Crippen LogP contribution is -2.53. The number of methoxy groups -OCH3 is 2. The maximum absolute atomic E-state index is 13.1. The van der Waals surface area contributed by atoms with Crippen LogP contribution in [0.4, 0.5) is 0 Å². The fourth-order valence-corrected chi connectivity index (χ4v) is 21.2. The fraction of sp³-hybridized carbons (Fsp3) is 0.500. The molecule has 5 N–H and O–H groups in total. The van der Waals surface area contributed by atoms with Crippen molar-refractivity contribution in [2.24, 2.45) is 23.5 Å². The number of aromatic carboxylic acids is 1. The summed E-state index contributed by atoms with van der Waals surface area (Å²) in [5, 5.41) is 40.7. The molecule has 740 valence electrons. The van der Waals surface area contributed by atoms with Gasteiger partial charge in [-0.15, -0.1) is 12.4 Å². The number of aliphatic hydroxyl groups excluding tert-OH is 1. The second-order valence-corrected chi connectivity index (χ2v) is 42.6. The Morgan fingerprint density at radius 1 is 0.478 bits per heavy atom. The van der Waals surface area contributed by atoms with E-state index in [-0.39, 0.29) is 64.1 Å². The Kier molecular flexibility index (Phi) is 38.5. The lowest BCUT2D eigenvalue weighted by molar-refractivity contribution is 0.0252. The molecule has 0 unspecified atom stereocenters. The van der Waals surface area contributed by atoms with Crippen molar-refractivity contribution in [3.63, 3.8) is 0 Å². The molecule has 4 aromatic heterocycles. The number of aliphatic hydroxyl groups is 1. The van der Waals surface area contributed by atoms with Gasteiger partial charge in [0.25, 0.3) is 25.1 Å². The quantitative estimate of drug-likeness (QED) is 0.0407. The number of hydrogen-bond acceptors (Lipinski definition) is 24. The smallest absolute Gasteiger partial charge is 0.335 e. The van der Waals surface area contributed by atoms with Crippen LogP contribution < -0.4 is 30.0 Å². The summed E-state index contributed by atoms with van der Waals surface area (Å²) in [4.78, 5) is 41.6. The minimum atomic E-state index is -3.56. The Morgan fingerprint density at radius 3 is 1.25 bits per heavy atom. The third-order valence-electron chi connectivity index (χ3n) is 27.7. The number of benzene rings is 6. The minimum Gasteiger partial charge on any atom is -0.496 e. The van der Waals surface area contributed by atoms with Gasteiger partial charge in [-0.2, -0.15) is 18.9 Å². The summed E-state index contributed by atoms with van der Waals surface area (Å²) >= 11 is 0. The van der Waals surface area contributed by atoms with Gasteiger partial charge in [0.1, 0.15) is 69.9 Å². The summed E-state index contributed by atoms with van der Waals surface area (Å²) in [6.45, 7) is 20.9. The van der Waals surface area contributed by atoms with Crippen LogP contribution in [0.25, 0.3) is 67.1 Å². The van der Waals surface area contributed by atoms with Gasteiger partial charge in [-0.1, -0.05) is 100 Å². The first-order valence-corrected chi connectivity index (χ1v) is 52.8. The van der Waals surface area contributed by atoms with E-state index in [1.165, 1.54) is 167 Å². The Hall–Kier alpha value is -10.0. The van der Waals surface area contributed by atoms with E-state index in [0.717, 1.165) is 127 Å². The van der Waals surface area contributed by atoms with E-state index in [1.54, 1.807) is 80.2 Å². The second-order valence-electron chi connectivity index (χ2n) is 38.5. The molecule has 6 saturated carbocycles. The van der Waals surface area contributed by atoms with Crippen LogP contribution in [0.1, 0.15) is 224 Å². The van der Waals surface area contributed by atoms with Gasteiger partial charge < -0.3 is 73.2 Å². The first kappa shape index (κ1) is 105. The molecule has 0 atom stereocenters. The number of amides is 1. The van der Waals surface area contributed by atoms with Crippen LogP contribution in [0, 0.1) is 54.3 Å².